The van der Waals surface area contributed by atoms with Crippen molar-refractivity contribution in [1.29, 1.82) is 0 Å². The highest BCUT2D eigenvalue weighted by atomic mass is 16.5. The average Bonchev–Trinajstić information content (AvgIpc) is 3.34. The number of imide groups is 1. The number of hydrogen-bond donors (Lipinski definition) is 3. The summed E-state index contributed by atoms with van der Waals surface area (Å²) in [7, 11) is 3.07. The maximum absolute atomic E-state index is 12.4. The number of rotatable bonds is 7. The minimum Gasteiger partial charge on any atom is -0.493 e. The molecule has 0 spiro atoms. The van der Waals surface area contributed by atoms with E-state index in [-0.39, 0.29) is 6.42 Å². The normalized spacial score (nSPS) is 27.4. The van der Waals surface area contributed by atoms with E-state index in [1.165, 1.54) is 14.2 Å². The summed E-state index contributed by atoms with van der Waals surface area (Å²) in [6.45, 7) is 0. The molecule has 3 atom stereocenters. The van der Waals surface area contributed by atoms with E-state index in [4.69, 9.17) is 9.47 Å². The fraction of sp³-hybridized carbons (Fsp3) is 0.471. The van der Waals surface area contributed by atoms with Crippen LogP contribution in [0.1, 0.15) is 18.4 Å². The zero-order valence-electron chi connectivity index (χ0n) is 14.0. The van der Waals surface area contributed by atoms with Crippen molar-refractivity contribution in [2.75, 3.05) is 14.2 Å². The minimum atomic E-state index is -1.20. The summed E-state index contributed by atoms with van der Waals surface area (Å²) in [5, 5.41) is 14.1. The van der Waals surface area contributed by atoms with Crippen LogP contribution in [0.15, 0.2) is 18.2 Å². The summed E-state index contributed by atoms with van der Waals surface area (Å²) >= 11 is 0. The van der Waals surface area contributed by atoms with Crippen LogP contribution >= 0.6 is 0 Å². The van der Waals surface area contributed by atoms with Gasteiger partial charge in [-0.3, -0.25) is 14.9 Å². The van der Waals surface area contributed by atoms with Gasteiger partial charge in [0.05, 0.1) is 20.1 Å². The van der Waals surface area contributed by atoms with Crippen LogP contribution in [-0.2, 0) is 16.0 Å². The molecule has 3 rings (SSSR count). The molecule has 0 aromatic heterocycles. The van der Waals surface area contributed by atoms with E-state index in [9.17, 15) is 19.5 Å². The van der Waals surface area contributed by atoms with Crippen molar-refractivity contribution < 1.29 is 29.0 Å². The second kappa shape index (κ2) is 6.27. The lowest BCUT2D eigenvalue weighted by molar-refractivity contribution is -0.139. The van der Waals surface area contributed by atoms with Gasteiger partial charge in [-0.2, -0.15) is 0 Å². The van der Waals surface area contributed by atoms with Gasteiger partial charge in [0.1, 0.15) is 5.54 Å². The summed E-state index contributed by atoms with van der Waals surface area (Å²) in [6.07, 6.45) is 1.08. The third kappa shape index (κ3) is 2.88. The smallest absolute Gasteiger partial charge is 0.322 e. The molecular weight excluding hydrogens is 328 g/mol. The first-order chi connectivity index (χ1) is 11.9. The van der Waals surface area contributed by atoms with Crippen molar-refractivity contribution in [2.45, 2.75) is 24.8 Å². The van der Waals surface area contributed by atoms with Gasteiger partial charge in [-0.1, -0.05) is 12.1 Å². The van der Waals surface area contributed by atoms with E-state index < -0.39 is 35.3 Å². The third-order valence-electron chi connectivity index (χ3n) is 4.98. The van der Waals surface area contributed by atoms with Gasteiger partial charge in [0, 0.05) is 5.92 Å². The van der Waals surface area contributed by atoms with Crippen LogP contribution in [-0.4, -0.2) is 42.8 Å². The number of carbonyl (C=O) groups is 3. The maximum Gasteiger partial charge on any atom is 0.322 e. The maximum atomic E-state index is 12.4. The summed E-state index contributed by atoms with van der Waals surface area (Å²) in [5.41, 5.74) is -0.378. The number of methoxy groups -OCH3 is 2. The van der Waals surface area contributed by atoms with Crippen molar-refractivity contribution in [3.63, 3.8) is 0 Å². The van der Waals surface area contributed by atoms with Crippen molar-refractivity contribution >= 4 is 17.9 Å². The van der Waals surface area contributed by atoms with Crippen LogP contribution in [0.25, 0.3) is 0 Å². The molecule has 1 saturated heterocycles. The summed E-state index contributed by atoms with van der Waals surface area (Å²) in [5.74, 6) is -1.30. The Morgan fingerprint density at radius 3 is 2.60 bits per heavy atom. The number of carboxylic acid groups (broad SMARTS) is 1. The molecule has 8 nitrogen and oxygen atoms in total. The number of ether oxygens (including phenoxy) is 2. The lowest BCUT2D eigenvalue weighted by atomic mass is 9.85. The Labute approximate surface area is 144 Å². The first kappa shape index (κ1) is 17.1. The second-order valence-electron chi connectivity index (χ2n) is 6.32. The van der Waals surface area contributed by atoms with Crippen LogP contribution in [0, 0.1) is 11.8 Å². The average molecular weight is 348 g/mol. The number of hydrogen-bond acceptors (Lipinski definition) is 5. The number of urea groups is 1. The standard InChI is InChI=1S/C17H20N2O6/c1-24-12-5-3-4-9(13(12)25-2)6-7-17(11-8-10(11)14(20)21)15(22)18-16(23)19-17/h3-5,10-11H,6-8H2,1-2H3,(H,20,21)(H2,18,19,22,23). The van der Waals surface area contributed by atoms with E-state index in [0.29, 0.717) is 24.3 Å². The summed E-state index contributed by atoms with van der Waals surface area (Å²) < 4.78 is 10.7. The lowest BCUT2D eigenvalue weighted by Gasteiger charge is -2.26. The zero-order valence-corrected chi connectivity index (χ0v) is 14.0. The molecule has 8 heteroatoms. The lowest BCUT2D eigenvalue weighted by Crippen LogP contribution is -2.50. The van der Waals surface area contributed by atoms with Crippen molar-refractivity contribution in [1.82, 2.24) is 10.6 Å². The van der Waals surface area contributed by atoms with Gasteiger partial charge >= 0.3 is 12.0 Å². The number of aryl methyl sites for hydroxylation is 1. The topological polar surface area (TPSA) is 114 Å². The Balaban J connectivity index is 1.85. The number of amides is 3. The van der Waals surface area contributed by atoms with Gasteiger partial charge in [-0.25, -0.2) is 4.79 Å². The molecular formula is C17H20N2O6. The number of para-hydroxylation sites is 1. The Hall–Kier alpha value is -2.77. The number of benzene rings is 1. The molecule has 1 aromatic rings. The molecule has 2 aliphatic rings. The van der Waals surface area contributed by atoms with Gasteiger partial charge in [-0.15, -0.1) is 0 Å². The van der Waals surface area contributed by atoms with Crippen LogP contribution in [0.4, 0.5) is 4.79 Å². The Kier molecular flexibility index (Phi) is 4.28. The first-order valence-corrected chi connectivity index (χ1v) is 7.99. The molecule has 25 heavy (non-hydrogen) atoms. The number of nitrogens with one attached hydrogen (secondary N) is 2. The molecule has 1 aliphatic carbocycles. The molecule has 3 amide bonds. The molecule has 134 valence electrons. The fourth-order valence-electron chi connectivity index (χ4n) is 3.62. The predicted octanol–water partition coefficient (Wildman–Crippen LogP) is 0.935. The van der Waals surface area contributed by atoms with E-state index in [2.05, 4.69) is 10.6 Å². The van der Waals surface area contributed by atoms with Gasteiger partial charge in [0.25, 0.3) is 5.91 Å². The monoisotopic (exact) mass is 348 g/mol. The van der Waals surface area contributed by atoms with Crippen LogP contribution in [0.2, 0.25) is 0 Å². The zero-order chi connectivity index (χ0) is 18.2. The Morgan fingerprint density at radius 2 is 2.08 bits per heavy atom. The molecule has 0 bridgehead atoms. The SMILES string of the molecule is COc1cccc(CCC2(C3CC3C(=O)O)NC(=O)NC2=O)c1OC. The first-order valence-electron chi connectivity index (χ1n) is 7.99. The van der Waals surface area contributed by atoms with E-state index in [1.807, 2.05) is 12.1 Å². The van der Waals surface area contributed by atoms with E-state index in [0.717, 1.165) is 5.56 Å². The molecule has 3 N–H and O–H groups in total. The molecule has 1 saturated carbocycles. The van der Waals surface area contributed by atoms with Gasteiger partial charge in [0.2, 0.25) is 0 Å². The highest BCUT2D eigenvalue weighted by molar-refractivity contribution is 6.08. The minimum absolute atomic E-state index is 0.280. The number of carbonyl (C=O) groups excluding carboxylic acids is 2. The van der Waals surface area contributed by atoms with Crippen LogP contribution < -0.4 is 20.1 Å². The highest BCUT2D eigenvalue weighted by Crippen LogP contribution is 2.49. The number of aliphatic carboxylic acids is 1. The largest absolute Gasteiger partial charge is 0.493 e. The van der Waals surface area contributed by atoms with Crippen LogP contribution in [0.3, 0.4) is 0 Å². The van der Waals surface area contributed by atoms with E-state index >= 15 is 0 Å². The molecule has 1 aliphatic heterocycles. The van der Waals surface area contributed by atoms with Crippen molar-refractivity contribution in [3.05, 3.63) is 23.8 Å². The molecule has 0 radical (unpaired) electrons. The summed E-state index contributed by atoms with van der Waals surface area (Å²) in [6, 6.07) is 4.85. The quantitative estimate of drug-likeness (QED) is 0.632. The summed E-state index contributed by atoms with van der Waals surface area (Å²) in [4.78, 5) is 35.3. The Morgan fingerprint density at radius 1 is 1.32 bits per heavy atom. The van der Waals surface area contributed by atoms with Gasteiger partial charge < -0.3 is 19.9 Å². The molecule has 1 aromatic carbocycles. The van der Waals surface area contributed by atoms with E-state index in [1.54, 1.807) is 6.07 Å². The van der Waals surface area contributed by atoms with Gasteiger partial charge in [-0.05, 0) is 30.9 Å². The van der Waals surface area contributed by atoms with Crippen molar-refractivity contribution in [2.24, 2.45) is 11.8 Å². The predicted molar refractivity (Wildman–Crippen MR) is 86.5 cm³/mol. The third-order valence-corrected chi connectivity index (χ3v) is 4.98. The second-order valence-corrected chi connectivity index (χ2v) is 6.32. The highest BCUT2D eigenvalue weighted by Gasteiger charge is 2.62. The molecule has 1 heterocycles. The van der Waals surface area contributed by atoms with Crippen molar-refractivity contribution in [3.8, 4) is 11.5 Å². The van der Waals surface area contributed by atoms with Gasteiger partial charge in [0.15, 0.2) is 11.5 Å². The van der Waals surface area contributed by atoms with Crippen LogP contribution in [0.5, 0.6) is 11.5 Å². The number of carboxylic acids is 1. The molecule has 2 fully saturated rings. The molecule has 3 unspecified atom stereocenters. The fourth-order valence-corrected chi connectivity index (χ4v) is 3.62. The Bertz CT molecular complexity index is 734.